The molecule has 8 nitrogen and oxygen atoms in total. The highest BCUT2D eigenvalue weighted by Crippen LogP contribution is 2.29. The van der Waals surface area contributed by atoms with Gasteiger partial charge in [-0.1, -0.05) is 12.1 Å². The largest absolute Gasteiger partial charge is 0.416 e. The molecule has 0 heterocycles. The van der Waals surface area contributed by atoms with Crippen molar-refractivity contribution < 1.29 is 27.6 Å². The molecule has 0 aromatic heterocycles. The molecule has 3 amide bonds. The number of alkyl halides is 3. The van der Waals surface area contributed by atoms with Gasteiger partial charge in [-0.3, -0.25) is 14.4 Å². The lowest BCUT2D eigenvalue weighted by Crippen LogP contribution is -2.56. The number of aryl methyl sites for hydroxylation is 1. The van der Waals surface area contributed by atoms with Crippen LogP contribution in [0.3, 0.4) is 0 Å². The van der Waals surface area contributed by atoms with Gasteiger partial charge in [-0.25, -0.2) is 0 Å². The first kappa shape index (κ1) is 29.3. The van der Waals surface area contributed by atoms with Crippen LogP contribution in [0.5, 0.6) is 0 Å². The van der Waals surface area contributed by atoms with Crippen LogP contribution in [0.15, 0.2) is 42.5 Å². The maximum atomic E-state index is 12.9. The fourth-order valence-corrected chi connectivity index (χ4v) is 3.33. The van der Waals surface area contributed by atoms with E-state index in [0.29, 0.717) is 18.2 Å². The molecule has 37 heavy (non-hydrogen) atoms. The smallest absolute Gasteiger partial charge is 0.350 e. The monoisotopic (exact) mass is 517 g/mol. The maximum absolute atomic E-state index is 12.9. The minimum atomic E-state index is -4.61. The molecule has 198 valence electrons. The molecular formula is C26H30F3N5O3. The van der Waals surface area contributed by atoms with Crippen molar-refractivity contribution in [3.8, 4) is 6.07 Å². The first-order valence-electron chi connectivity index (χ1n) is 11.5. The van der Waals surface area contributed by atoms with E-state index in [1.54, 1.807) is 39.0 Å². The lowest BCUT2D eigenvalue weighted by Gasteiger charge is -2.26. The summed E-state index contributed by atoms with van der Waals surface area (Å²) in [6.07, 6.45) is -4.61. The number of carbonyl (C=O) groups is 3. The molecule has 11 heteroatoms. The van der Waals surface area contributed by atoms with Gasteiger partial charge < -0.3 is 21.3 Å². The topological polar surface area (TPSA) is 123 Å². The Bertz CT molecular complexity index is 1180. The lowest BCUT2D eigenvalue weighted by atomic mass is 10.1. The predicted molar refractivity (Wildman–Crippen MR) is 131 cm³/mol. The second-order valence-corrected chi connectivity index (χ2v) is 9.50. The van der Waals surface area contributed by atoms with Crippen molar-refractivity contribution in [3.05, 3.63) is 70.3 Å². The molecule has 0 radical (unpaired) electrons. The summed E-state index contributed by atoms with van der Waals surface area (Å²) in [5.41, 5.74) is 0.540. The number of nitriles is 1. The van der Waals surface area contributed by atoms with Gasteiger partial charge in [0.15, 0.2) is 0 Å². The molecule has 0 bridgehead atoms. The first-order valence-corrected chi connectivity index (χ1v) is 11.5. The van der Waals surface area contributed by atoms with Crippen molar-refractivity contribution in [1.29, 1.82) is 5.26 Å². The number of amides is 3. The number of hydrogen-bond acceptors (Lipinski definition) is 5. The summed E-state index contributed by atoms with van der Waals surface area (Å²) in [4.78, 5) is 37.6. The molecule has 0 saturated heterocycles. The Balaban J connectivity index is 2.01. The molecule has 2 rings (SSSR count). The third kappa shape index (κ3) is 9.57. The molecule has 4 N–H and O–H groups in total. The fourth-order valence-electron chi connectivity index (χ4n) is 3.33. The van der Waals surface area contributed by atoms with Crippen LogP contribution in [-0.2, 0) is 22.3 Å². The Kier molecular flexibility index (Phi) is 9.80. The first-order chi connectivity index (χ1) is 17.2. The van der Waals surface area contributed by atoms with Crippen LogP contribution in [0.4, 0.5) is 13.2 Å². The highest BCUT2D eigenvalue weighted by atomic mass is 19.4. The Hall–Kier alpha value is -3.91. The van der Waals surface area contributed by atoms with Crippen molar-refractivity contribution in [3.63, 3.8) is 0 Å². The van der Waals surface area contributed by atoms with Crippen LogP contribution in [0.25, 0.3) is 0 Å². The van der Waals surface area contributed by atoms with Crippen LogP contribution in [0.2, 0.25) is 0 Å². The van der Waals surface area contributed by atoms with Crippen molar-refractivity contribution in [1.82, 2.24) is 21.3 Å². The van der Waals surface area contributed by atoms with E-state index in [0.717, 1.165) is 23.3 Å². The fraction of sp³-hybridized carbons (Fsp3) is 0.385. The molecule has 0 saturated carbocycles. The standard InChI is InChI=1S/C26H30F3N5O3/c1-16-10-17(12-30)8-9-19(16)13-31-14-21(24(37)34-25(2,3)4)33-22(35)15-32-23(36)18-6-5-7-20(11-18)26(27,28)29/h5-11,21,31H,13-15H2,1-4H3,(H,32,36)(H,33,35)(H,34,37). The molecule has 2 aromatic rings. The van der Waals surface area contributed by atoms with E-state index in [1.165, 1.54) is 6.07 Å². The quantitative estimate of drug-likeness (QED) is 0.407. The van der Waals surface area contributed by atoms with Gasteiger partial charge in [0.2, 0.25) is 11.8 Å². The SMILES string of the molecule is Cc1cc(C#N)ccc1CNCC(NC(=O)CNC(=O)c1cccc(C(F)(F)F)c1)C(=O)NC(C)(C)C. The molecular weight excluding hydrogens is 487 g/mol. The van der Waals surface area contributed by atoms with Gasteiger partial charge in [0.05, 0.1) is 23.7 Å². The molecule has 1 unspecified atom stereocenters. The van der Waals surface area contributed by atoms with Crippen molar-refractivity contribution in [2.75, 3.05) is 13.1 Å². The van der Waals surface area contributed by atoms with Crippen LogP contribution in [-0.4, -0.2) is 42.4 Å². The lowest BCUT2D eigenvalue weighted by molar-refractivity contribution is -0.137. The van der Waals surface area contributed by atoms with Crippen LogP contribution in [0, 0.1) is 18.3 Å². The van der Waals surface area contributed by atoms with Crippen LogP contribution in [0.1, 0.15) is 53.4 Å². The van der Waals surface area contributed by atoms with Crippen LogP contribution < -0.4 is 21.3 Å². The number of carbonyl (C=O) groups excluding carboxylic acids is 3. The van der Waals surface area contributed by atoms with E-state index in [1.807, 2.05) is 6.92 Å². The normalized spacial score (nSPS) is 12.3. The number of benzene rings is 2. The Labute approximate surface area is 213 Å². The number of rotatable bonds is 9. The van der Waals surface area contributed by atoms with Gasteiger partial charge in [-0.05, 0) is 69.2 Å². The van der Waals surface area contributed by atoms with Gasteiger partial charge in [-0.15, -0.1) is 0 Å². The van der Waals surface area contributed by atoms with E-state index in [2.05, 4.69) is 27.3 Å². The van der Waals surface area contributed by atoms with Gasteiger partial charge >= 0.3 is 6.18 Å². The third-order valence-electron chi connectivity index (χ3n) is 5.15. The van der Waals surface area contributed by atoms with Gasteiger partial charge in [0, 0.05) is 24.2 Å². The van der Waals surface area contributed by atoms with E-state index in [-0.39, 0.29) is 12.1 Å². The Morgan fingerprint density at radius 1 is 1.05 bits per heavy atom. The summed E-state index contributed by atoms with van der Waals surface area (Å²) in [6.45, 7) is 7.11. The maximum Gasteiger partial charge on any atom is 0.416 e. The Morgan fingerprint density at radius 2 is 1.76 bits per heavy atom. The summed E-state index contributed by atoms with van der Waals surface area (Å²) in [7, 11) is 0. The zero-order valence-electron chi connectivity index (χ0n) is 21.0. The third-order valence-corrected chi connectivity index (χ3v) is 5.15. The van der Waals surface area contributed by atoms with Gasteiger partial charge in [0.1, 0.15) is 6.04 Å². The summed E-state index contributed by atoms with van der Waals surface area (Å²) in [5, 5.41) is 19.7. The summed E-state index contributed by atoms with van der Waals surface area (Å²) >= 11 is 0. The van der Waals surface area contributed by atoms with E-state index in [9.17, 15) is 27.6 Å². The number of hydrogen-bond donors (Lipinski definition) is 4. The van der Waals surface area contributed by atoms with Crippen molar-refractivity contribution >= 4 is 17.7 Å². The molecule has 0 aliphatic carbocycles. The average molecular weight is 518 g/mol. The molecule has 0 aliphatic rings. The van der Waals surface area contributed by atoms with Gasteiger partial charge in [0.25, 0.3) is 5.91 Å². The van der Waals surface area contributed by atoms with E-state index < -0.39 is 47.6 Å². The summed E-state index contributed by atoms with van der Waals surface area (Å²) in [5.74, 6) is -1.99. The zero-order valence-corrected chi connectivity index (χ0v) is 21.0. The summed E-state index contributed by atoms with van der Waals surface area (Å²) in [6, 6.07) is 10.2. The average Bonchev–Trinajstić information content (AvgIpc) is 2.81. The number of nitrogens with one attached hydrogen (secondary N) is 4. The van der Waals surface area contributed by atoms with Crippen molar-refractivity contribution in [2.24, 2.45) is 0 Å². The molecule has 2 aromatic carbocycles. The second kappa shape index (κ2) is 12.4. The van der Waals surface area contributed by atoms with Crippen LogP contribution >= 0.6 is 0 Å². The highest BCUT2D eigenvalue weighted by molar-refractivity contribution is 5.97. The highest BCUT2D eigenvalue weighted by Gasteiger charge is 2.31. The predicted octanol–water partition coefficient (Wildman–Crippen LogP) is 2.80. The molecule has 0 spiro atoms. The minimum absolute atomic E-state index is 0.0642. The zero-order chi connectivity index (χ0) is 27.8. The van der Waals surface area contributed by atoms with Crippen molar-refractivity contribution in [2.45, 2.75) is 52.0 Å². The second-order valence-electron chi connectivity index (χ2n) is 9.50. The van der Waals surface area contributed by atoms with E-state index >= 15 is 0 Å². The number of halogens is 3. The summed E-state index contributed by atoms with van der Waals surface area (Å²) < 4.78 is 38.7. The minimum Gasteiger partial charge on any atom is -0.350 e. The molecule has 0 fully saturated rings. The Morgan fingerprint density at radius 3 is 2.35 bits per heavy atom. The van der Waals surface area contributed by atoms with Gasteiger partial charge in [-0.2, -0.15) is 18.4 Å². The number of nitrogens with zero attached hydrogens (tertiary/aromatic N) is 1. The molecule has 1 atom stereocenters. The molecule has 0 aliphatic heterocycles. The van der Waals surface area contributed by atoms with E-state index in [4.69, 9.17) is 5.26 Å².